The number of rotatable bonds is 7. The number of amides is 3. The van der Waals surface area contributed by atoms with Gasteiger partial charge in [-0.3, -0.25) is 9.69 Å². The van der Waals surface area contributed by atoms with Crippen LogP contribution in [0.3, 0.4) is 0 Å². The van der Waals surface area contributed by atoms with Gasteiger partial charge in [0.25, 0.3) is 0 Å². The lowest BCUT2D eigenvalue weighted by Crippen LogP contribution is -2.57. The molecule has 2 aliphatic rings. The van der Waals surface area contributed by atoms with Crippen LogP contribution in [0.15, 0.2) is 48.5 Å². The number of benzene rings is 2. The second kappa shape index (κ2) is 12.7. The molecule has 0 bridgehead atoms. The van der Waals surface area contributed by atoms with Crippen molar-refractivity contribution in [2.45, 2.75) is 44.8 Å². The molecule has 0 spiro atoms. The van der Waals surface area contributed by atoms with E-state index in [1.807, 2.05) is 41.3 Å². The van der Waals surface area contributed by atoms with E-state index in [-0.39, 0.29) is 35.8 Å². The first-order valence-corrected chi connectivity index (χ1v) is 13.3. The molecule has 2 fully saturated rings. The van der Waals surface area contributed by atoms with Gasteiger partial charge < -0.3 is 19.9 Å². The number of carbonyl (C=O) groups excluding carboxylic acids is 2. The molecule has 1 unspecified atom stereocenters. The number of nitrogens with zero attached hydrogens (tertiary/aromatic N) is 3. The first-order chi connectivity index (χ1) is 17.8. The quantitative estimate of drug-likeness (QED) is 0.585. The third-order valence-electron chi connectivity index (χ3n) is 7.29. The predicted molar refractivity (Wildman–Crippen MR) is 142 cm³/mol. The van der Waals surface area contributed by atoms with E-state index in [1.165, 1.54) is 12.1 Å². The molecule has 2 aromatic rings. The smallest absolute Gasteiger partial charge is 0.317 e. The summed E-state index contributed by atoms with van der Waals surface area (Å²) in [4.78, 5) is 32.3. The Hall–Kier alpha value is -2.68. The molecule has 2 aromatic carbocycles. The monoisotopic (exact) mass is 530 g/mol. The third kappa shape index (κ3) is 7.43. The number of nitrogens with one attached hydrogen (secondary N) is 1. The van der Waals surface area contributed by atoms with E-state index in [0.717, 1.165) is 24.2 Å². The molecule has 2 aliphatic heterocycles. The van der Waals surface area contributed by atoms with E-state index in [9.17, 15) is 14.0 Å². The van der Waals surface area contributed by atoms with Crippen molar-refractivity contribution in [3.05, 3.63) is 70.5 Å². The van der Waals surface area contributed by atoms with Crippen LogP contribution in [-0.2, 0) is 16.1 Å². The lowest BCUT2D eigenvalue weighted by Gasteiger charge is -2.44. The van der Waals surface area contributed by atoms with Gasteiger partial charge in [0.05, 0.1) is 13.2 Å². The van der Waals surface area contributed by atoms with E-state index < -0.39 is 0 Å². The summed E-state index contributed by atoms with van der Waals surface area (Å²) in [5, 5.41) is 3.66. The van der Waals surface area contributed by atoms with E-state index in [1.54, 1.807) is 4.90 Å². The van der Waals surface area contributed by atoms with Crippen LogP contribution in [0.5, 0.6) is 0 Å². The number of urea groups is 1. The van der Waals surface area contributed by atoms with Crippen LogP contribution in [0.4, 0.5) is 9.18 Å². The van der Waals surface area contributed by atoms with Crippen LogP contribution in [0.2, 0.25) is 5.02 Å². The van der Waals surface area contributed by atoms with E-state index in [0.29, 0.717) is 50.8 Å². The molecule has 37 heavy (non-hydrogen) atoms. The summed E-state index contributed by atoms with van der Waals surface area (Å²) in [5.41, 5.74) is 2.02. The Morgan fingerprint density at radius 3 is 2.38 bits per heavy atom. The molecular formula is C28H36ClFN4O3. The molecule has 2 saturated heterocycles. The molecular weight excluding hydrogens is 495 g/mol. The van der Waals surface area contributed by atoms with Crippen molar-refractivity contribution in [1.29, 1.82) is 0 Å². The summed E-state index contributed by atoms with van der Waals surface area (Å²) in [6.45, 7) is 8.83. The van der Waals surface area contributed by atoms with Crippen LogP contribution < -0.4 is 5.32 Å². The Labute approximate surface area is 223 Å². The fourth-order valence-corrected chi connectivity index (χ4v) is 5.18. The van der Waals surface area contributed by atoms with Crippen LogP contribution in [-0.4, -0.2) is 84.7 Å². The highest BCUT2D eigenvalue weighted by Crippen LogP contribution is 2.25. The molecule has 4 rings (SSSR count). The molecule has 200 valence electrons. The van der Waals surface area contributed by atoms with Gasteiger partial charge in [-0.2, -0.15) is 0 Å². The van der Waals surface area contributed by atoms with E-state index >= 15 is 0 Å². The molecule has 3 atom stereocenters. The Kier molecular flexibility index (Phi) is 9.40. The van der Waals surface area contributed by atoms with Gasteiger partial charge in [-0.1, -0.05) is 35.9 Å². The zero-order chi connectivity index (χ0) is 26.4. The molecule has 3 amide bonds. The van der Waals surface area contributed by atoms with Gasteiger partial charge >= 0.3 is 6.03 Å². The number of halogens is 2. The first kappa shape index (κ1) is 27.4. The maximum atomic E-state index is 13.6. The average molecular weight is 531 g/mol. The molecule has 0 saturated carbocycles. The molecule has 2 heterocycles. The van der Waals surface area contributed by atoms with Crippen molar-refractivity contribution in [1.82, 2.24) is 20.0 Å². The molecule has 7 nitrogen and oxygen atoms in total. The highest BCUT2D eigenvalue weighted by Gasteiger charge is 2.33. The van der Waals surface area contributed by atoms with Crippen molar-refractivity contribution in [3.8, 4) is 0 Å². The van der Waals surface area contributed by atoms with Crippen LogP contribution in [0.25, 0.3) is 0 Å². The summed E-state index contributed by atoms with van der Waals surface area (Å²) in [5.74, 6) is -0.340. The van der Waals surface area contributed by atoms with Crippen molar-refractivity contribution in [3.63, 3.8) is 0 Å². The summed E-state index contributed by atoms with van der Waals surface area (Å²) in [7, 11) is 0. The molecule has 0 aliphatic carbocycles. The van der Waals surface area contributed by atoms with Gasteiger partial charge in [0.1, 0.15) is 5.82 Å². The Morgan fingerprint density at radius 1 is 1.03 bits per heavy atom. The average Bonchev–Trinajstić information content (AvgIpc) is 2.90. The zero-order valence-electron chi connectivity index (χ0n) is 21.5. The van der Waals surface area contributed by atoms with Gasteiger partial charge in [0.15, 0.2) is 0 Å². The topological polar surface area (TPSA) is 65.1 Å². The zero-order valence-corrected chi connectivity index (χ0v) is 22.3. The van der Waals surface area contributed by atoms with Crippen LogP contribution in [0.1, 0.15) is 37.3 Å². The van der Waals surface area contributed by atoms with Gasteiger partial charge in [0.2, 0.25) is 5.91 Å². The Balaban J connectivity index is 1.39. The number of carbonyl (C=O) groups is 2. The molecule has 0 aromatic heterocycles. The van der Waals surface area contributed by atoms with Crippen LogP contribution >= 0.6 is 11.6 Å². The normalized spacial score (nSPS) is 21.5. The minimum Gasteiger partial charge on any atom is -0.378 e. The third-order valence-corrected chi connectivity index (χ3v) is 7.55. The van der Waals surface area contributed by atoms with Gasteiger partial charge in [-0.15, -0.1) is 0 Å². The van der Waals surface area contributed by atoms with Crippen molar-refractivity contribution < 1.29 is 18.7 Å². The van der Waals surface area contributed by atoms with Crippen molar-refractivity contribution >= 4 is 23.5 Å². The Morgan fingerprint density at radius 2 is 1.70 bits per heavy atom. The number of morpholine rings is 1. The van der Waals surface area contributed by atoms with E-state index in [2.05, 4.69) is 24.1 Å². The summed E-state index contributed by atoms with van der Waals surface area (Å²) in [6.07, 6.45) is 0.292. The SMILES string of the molecule is C[C@@H]1CN(Cc2ccc(F)cc2)[C@@H](C)CN1C(=O)CC(CNC(=O)N1CCOCC1)c1ccc(Cl)cc1. The fraction of sp³-hybridized carbons (Fsp3) is 0.500. The van der Waals surface area contributed by atoms with Gasteiger partial charge in [-0.05, 0) is 49.2 Å². The maximum absolute atomic E-state index is 13.6. The number of hydrogen-bond acceptors (Lipinski definition) is 4. The molecule has 0 radical (unpaired) electrons. The van der Waals surface area contributed by atoms with Gasteiger partial charge in [0, 0.05) is 68.7 Å². The number of piperazine rings is 1. The first-order valence-electron chi connectivity index (χ1n) is 12.9. The van der Waals surface area contributed by atoms with E-state index in [4.69, 9.17) is 16.3 Å². The Bertz CT molecular complexity index is 1050. The highest BCUT2D eigenvalue weighted by molar-refractivity contribution is 6.30. The highest BCUT2D eigenvalue weighted by atomic mass is 35.5. The lowest BCUT2D eigenvalue weighted by atomic mass is 9.94. The summed E-state index contributed by atoms with van der Waals surface area (Å²) < 4.78 is 18.6. The second-order valence-electron chi connectivity index (χ2n) is 10.0. The lowest BCUT2D eigenvalue weighted by molar-refractivity contribution is -0.137. The molecule has 9 heteroatoms. The second-order valence-corrected chi connectivity index (χ2v) is 10.5. The fourth-order valence-electron chi connectivity index (χ4n) is 5.05. The number of hydrogen-bond donors (Lipinski definition) is 1. The predicted octanol–water partition coefficient (Wildman–Crippen LogP) is 4.12. The maximum Gasteiger partial charge on any atom is 0.317 e. The molecule has 1 N–H and O–H groups in total. The number of ether oxygens (including phenoxy) is 1. The standard InChI is InChI=1S/C28H36ClFN4O3/c1-20-18-34(21(2)17-33(20)19-22-3-9-26(30)10-4-22)27(35)15-24(23-5-7-25(29)8-6-23)16-31-28(36)32-11-13-37-14-12-32/h3-10,20-21,24H,11-19H2,1-2H3,(H,31,36)/t20-,21+,24?/m0/s1. The summed E-state index contributed by atoms with van der Waals surface area (Å²) >= 11 is 6.10. The van der Waals surface area contributed by atoms with Crippen molar-refractivity contribution in [2.24, 2.45) is 0 Å². The summed E-state index contributed by atoms with van der Waals surface area (Å²) in [6, 6.07) is 14.1. The largest absolute Gasteiger partial charge is 0.378 e. The minimum atomic E-state index is -0.239. The van der Waals surface area contributed by atoms with Crippen molar-refractivity contribution in [2.75, 3.05) is 45.9 Å². The minimum absolute atomic E-state index is 0.0398. The van der Waals surface area contributed by atoms with Gasteiger partial charge in [-0.25, -0.2) is 9.18 Å². The van der Waals surface area contributed by atoms with Crippen LogP contribution in [0, 0.1) is 5.82 Å².